The summed E-state index contributed by atoms with van der Waals surface area (Å²) in [5, 5.41) is 0.689. The standard InChI is InChI=1S/C19H16ClN3O/c20-15-2-1-3-16(8-15)23-11-21-17-7-12(4-5-18(17)23)19(24)22-9-13-6-14(13)10-22/h1-5,7-8,11,13-14H,6,9-10H2. The average Bonchev–Trinajstić information content (AvgIpc) is 3.03. The summed E-state index contributed by atoms with van der Waals surface area (Å²) in [6.45, 7) is 1.83. The number of nitrogens with zero attached hydrogens (tertiary/aromatic N) is 3. The fraction of sp³-hybridized carbons (Fsp3) is 0.263. The quantitative estimate of drug-likeness (QED) is 0.714. The van der Waals surface area contributed by atoms with Crippen LogP contribution in [0.1, 0.15) is 16.8 Å². The molecule has 3 aromatic rings. The molecule has 2 heterocycles. The third-order valence-corrected chi connectivity index (χ3v) is 5.38. The van der Waals surface area contributed by atoms with Crippen molar-refractivity contribution in [2.75, 3.05) is 13.1 Å². The number of fused-ring (bicyclic) bond motifs is 2. The van der Waals surface area contributed by atoms with Crippen molar-refractivity contribution in [2.24, 2.45) is 11.8 Å². The van der Waals surface area contributed by atoms with Crippen molar-refractivity contribution >= 4 is 28.5 Å². The predicted octanol–water partition coefficient (Wildman–Crippen LogP) is 3.77. The molecule has 2 atom stereocenters. The molecule has 5 rings (SSSR count). The summed E-state index contributed by atoms with van der Waals surface area (Å²) in [7, 11) is 0. The molecule has 5 heteroatoms. The molecule has 0 radical (unpaired) electrons. The zero-order valence-corrected chi connectivity index (χ0v) is 13.8. The minimum atomic E-state index is 0.126. The third kappa shape index (κ3) is 2.21. The van der Waals surface area contributed by atoms with Gasteiger partial charge < -0.3 is 4.90 Å². The van der Waals surface area contributed by atoms with Crippen molar-refractivity contribution in [1.82, 2.24) is 14.5 Å². The van der Waals surface area contributed by atoms with Crippen molar-refractivity contribution in [3.63, 3.8) is 0 Å². The maximum absolute atomic E-state index is 12.7. The smallest absolute Gasteiger partial charge is 0.253 e. The maximum atomic E-state index is 12.7. The van der Waals surface area contributed by atoms with Gasteiger partial charge in [-0.3, -0.25) is 9.36 Å². The second kappa shape index (κ2) is 5.08. The van der Waals surface area contributed by atoms with Crippen LogP contribution in [0.15, 0.2) is 48.8 Å². The lowest BCUT2D eigenvalue weighted by molar-refractivity contribution is 0.0775. The van der Waals surface area contributed by atoms with Gasteiger partial charge in [-0.2, -0.15) is 0 Å². The molecule has 24 heavy (non-hydrogen) atoms. The van der Waals surface area contributed by atoms with Crippen molar-refractivity contribution in [3.8, 4) is 5.69 Å². The van der Waals surface area contributed by atoms with E-state index in [1.165, 1.54) is 6.42 Å². The summed E-state index contributed by atoms with van der Waals surface area (Å²) in [6, 6.07) is 13.4. The lowest BCUT2D eigenvalue weighted by Crippen LogP contribution is -2.30. The molecular formula is C19H16ClN3O. The Bertz CT molecular complexity index is 954. The van der Waals surface area contributed by atoms with E-state index in [1.807, 2.05) is 51.9 Å². The van der Waals surface area contributed by atoms with Gasteiger partial charge in [0.05, 0.1) is 11.0 Å². The third-order valence-electron chi connectivity index (χ3n) is 5.15. The van der Waals surface area contributed by atoms with E-state index in [0.29, 0.717) is 5.02 Å². The van der Waals surface area contributed by atoms with Gasteiger partial charge in [0, 0.05) is 29.4 Å². The molecular weight excluding hydrogens is 322 g/mol. The van der Waals surface area contributed by atoms with Crippen molar-refractivity contribution < 1.29 is 4.79 Å². The Balaban J connectivity index is 1.50. The predicted molar refractivity (Wildman–Crippen MR) is 93.6 cm³/mol. The average molecular weight is 338 g/mol. The van der Waals surface area contributed by atoms with Crippen LogP contribution >= 0.6 is 11.6 Å². The molecule has 2 aliphatic rings. The molecule has 1 saturated heterocycles. The van der Waals surface area contributed by atoms with E-state index in [0.717, 1.165) is 47.2 Å². The topological polar surface area (TPSA) is 38.1 Å². The van der Waals surface area contributed by atoms with Crippen molar-refractivity contribution in [1.29, 1.82) is 0 Å². The van der Waals surface area contributed by atoms with Gasteiger partial charge in [-0.15, -0.1) is 0 Å². The highest BCUT2D eigenvalue weighted by atomic mass is 35.5. The number of halogens is 1. The SMILES string of the molecule is O=C(c1ccc2c(c1)ncn2-c1cccc(Cl)c1)N1CC2CC2C1. The molecule has 1 amide bonds. The van der Waals surface area contributed by atoms with E-state index in [2.05, 4.69) is 4.98 Å². The van der Waals surface area contributed by atoms with Crippen LogP contribution in [0.2, 0.25) is 5.02 Å². The Labute approximate surface area is 144 Å². The van der Waals surface area contributed by atoms with Gasteiger partial charge in [0.15, 0.2) is 0 Å². The second-order valence-electron chi connectivity index (χ2n) is 6.76. The van der Waals surface area contributed by atoms with Crippen LogP contribution in [0.3, 0.4) is 0 Å². The Morgan fingerprint density at radius 1 is 1.12 bits per heavy atom. The van der Waals surface area contributed by atoms with E-state index in [-0.39, 0.29) is 5.91 Å². The zero-order chi connectivity index (χ0) is 16.3. The van der Waals surface area contributed by atoms with Gasteiger partial charge in [-0.05, 0) is 54.7 Å². The number of amides is 1. The summed E-state index contributed by atoms with van der Waals surface area (Å²) in [4.78, 5) is 19.1. The van der Waals surface area contributed by atoms with Gasteiger partial charge in [0.1, 0.15) is 6.33 Å². The highest BCUT2D eigenvalue weighted by Gasteiger charge is 2.46. The number of carbonyl (C=O) groups excluding carboxylic acids is 1. The Morgan fingerprint density at radius 2 is 1.96 bits per heavy atom. The number of aromatic nitrogens is 2. The monoisotopic (exact) mass is 337 g/mol. The maximum Gasteiger partial charge on any atom is 0.253 e. The molecule has 0 spiro atoms. The largest absolute Gasteiger partial charge is 0.338 e. The summed E-state index contributed by atoms with van der Waals surface area (Å²) < 4.78 is 1.99. The van der Waals surface area contributed by atoms with Crippen LogP contribution in [0.25, 0.3) is 16.7 Å². The summed E-state index contributed by atoms with van der Waals surface area (Å²) >= 11 is 6.08. The fourth-order valence-corrected chi connectivity index (χ4v) is 3.91. The van der Waals surface area contributed by atoms with Gasteiger partial charge in [-0.1, -0.05) is 17.7 Å². The van der Waals surface area contributed by atoms with Gasteiger partial charge in [-0.25, -0.2) is 4.98 Å². The van der Waals surface area contributed by atoms with Crippen LogP contribution in [0.4, 0.5) is 0 Å². The molecule has 1 aliphatic carbocycles. The molecule has 1 saturated carbocycles. The van der Waals surface area contributed by atoms with Crippen LogP contribution in [0, 0.1) is 11.8 Å². The van der Waals surface area contributed by atoms with Crippen molar-refractivity contribution in [3.05, 3.63) is 59.4 Å². The molecule has 1 aromatic heterocycles. The van der Waals surface area contributed by atoms with Gasteiger partial charge in [0.2, 0.25) is 0 Å². The van der Waals surface area contributed by atoms with Crippen LogP contribution < -0.4 is 0 Å². The Kier molecular flexibility index (Phi) is 2.98. The first-order valence-corrected chi connectivity index (χ1v) is 8.59. The first-order valence-electron chi connectivity index (χ1n) is 8.21. The number of likely N-dealkylation sites (tertiary alicyclic amines) is 1. The van der Waals surface area contributed by atoms with E-state index < -0.39 is 0 Å². The van der Waals surface area contributed by atoms with E-state index >= 15 is 0 Å². The molecule has 2 fully saturated rings. The van der Waals surface area contributed by atoms with E-state index in [1.54, 1.807) is 6.33 Å². The van der Waals surface area contributed by atoms with Gasteiger partial charge in [0.25, 0.3) is 5.91 Å². The normalized spacial score (nSPS) is 22.0. The fourth-order valence-electron chi connectivity index (χ4n) is 3.72. The number of carbonyl (C=O) groups is 1. The number of benzene rings is 2. The Morgan fingerprint density at radius 3 is 2.75 bits per heavy atom. The number of hydrogen-bond acceptors (Lipinski definition) is 2. The van der Waals surface area contributed by atoms with Crippen LogP contribution in [0.5, 0.6) is 0 Å². The molecule has 0 bridgehead atoms. The van der Waals surface area contributed by atoms with Gasteiger partial charge >= 0.3 is 0 Å². The lowest BCUT2D eigenvalue weighted by Gasteiger charge is -2.17. The van der Waals surface area contributed by atoms with E-state index in [9.17, 15) is 4.79 Å². The number of hydrogen-bond donors (Lipinski definition) is 0. The minimum Gasteiger partial charge on any atom is -0.338 e. The van der Waals surface area contributed by atoms with Crippen LogP contribution in [-0.4, -0.2) is 33.4 Å². The number of rotatable bonds is 2. The first kappa shape index (κ1) is 14.1. The number of piperidine rings is 1. The second-order valence-corrected chi connectivity index (χ2v) is 7.20. The molecule has 4 nitrogen and oxygen atoms in total. The molecule has 120 valence electrons. The Hall–Kier alpha value is -2.33. The zero-order valence-electron chi connectivity index (χ0n) is 13.0. The highest BCUT2D eigenvalue weighted by Crippen LogP contribution is 2.45. The molecule has 2 aromatic carbocycles. The molecule has 2 unspecified atom stereocenters. The highest BCUT2D eigenvalue weighted by molar-refractivity contribution is 6.30. The molecule has 1 aliphatic heterocycles. The van der Waals surface area contributed by atoms with E-state index in [4.69, 9.17) is 11.6 Å². The molecule has 0 N–H and O–H groups in total. The summed E-state index contributed by atoms with van der Waals surface area (Å²) in [6.07, 6.45) is 3.07. The first-order chi connectivity index (χ1) is 11.7. The van der Waals surface area contributed by atoms with Crippen LogP contribution in [-0.2, 0) is 0 Å². The minimum absolute atomic E-state index is 0.126. The summed E-state index contributed by atoms with van der Waals surface area (Å²) in [5.74, 6) is 1.63. The summed E-state index contributed by atoms with van der Waals surface area (Å²) in [5.41, 5.74) is 3.48. The van der Waals surface area contributed by atoms with Crippen molar-refractivity contribution in [2.45, 2.75) is 6.42 Å². The number of imidazole rings is 1. The lowest BCUT2D eigenvalue weighted by atomic mass is 10.1.